The SMILES string of the molecule is C=C.C=C.C=C.CC.CC.CC.CC.CC1=CC=CC(C)C=C1.CCC1=CCCCC=C1. The molecule has 0 aromatic heterocycles. The highest BCUT2D eigenvalue weighted by Crippen LogP contribution is 2.12. The largest absolute Gasteiger partial charge is 0.106 e. The van der Waals surface area contributed by atoms with Gasteiger partial charge in [0.05, 0.1) is 0 Å². The van der Waals surface area contributed by atoms with Gasteiger partial charge in [0.15, 0.2) is 0 Å². The third-order valence-electron chi connectivity index (χ3n) is 3.16. The van der Waals surface area contributed by atoms with Crippen LogP contribution in [0.5, 0.6) is 0 Å². The molecule has 0 bridgehead atoms. The first kappa shape index (κ1) is 47.6. The van der Waals surface area contributed by atoms with Crippen LogP contribution in [0.4, 0.5) is 0 Å². The highest BCUT2D eigenvalue weighted by Gasteiger charge is 1.92. The van der Waals surface area contributed by atoms with Crippen molar-refractivity contribution in [3.05, 3.63) is 99.2 Å². The lowest BCUT2D eigenvalue weighted by atomic mass is 10.1. The summed E-state index contributed by atoms with van der Waals surface area (Å²) in [6.45, 7) is 40.5. The lowest BCUT2D eigenvalue weighted by Crippen LogP contribution is -1.78. The van der Waals surface area contributed by atoms with Gasteiger partial charge in [0, 0.05) is 0 Å². The molecule has 0 heterocycles. The maximum Gasteiger partial charge on any atom is -0.00755 e. The molecule has 0 fully saturated rings. The fourth-order valence-electron chi connectivity index (χ4n) is 1.89. The summed E-state index contributed by atoms with van der Waals surface area (Å²) in [6, 6.07) is 0. The predicted octanol–water partition coefficient (Wildman–Crippen LogP) is 12.3. The van der Waals surface area contributed by atoms with Crippen LogP contribution in [0, 0.1) is 5.92 Å². The van der Waals surface area contributed by atoms with Crippen LogP contribution in [-0.4, -0.2) is 0 Å². The van der Waals surface area contributed by atoms with Crippen molar-refractivity contribution in [2.45, 2.75) is 102 Å². The van der Waals surface area contributed by atoms with E-state index in [2.05, 4.69) is 109 Å². The fourth-order valence-corrected chi connectivity index (χ4v) is 1.89. The standard InChI is InChI=1S/C9H12.C9H14.4C2H6.3C2H4/c1-8-4-3-5-9(2)7-6-8;1-2-9-7-5-3-4-6-8-9;7*1-2/h3-8H,1-2H3;5,7-8H,2-4,6H2,1H3;4*1-2H3;3*1-2H2. The summed E-state index contributed by atoms with van der Waals surface area (Å²) in [4.78, 5) is 0. The van der Waals surface area contributed by atoms with Gasteiger partial charge in [-0.05, 0) is 38.5 Å². The lowest BCUT2D eigenvalue weighted by molar-refractivity contribution is 0.872. The van der Waals surface area contributed by atoms with Gasteiger partial charge in [-0.25, -0.2) is 0 Å². The monoisotopic (exact) mass is 446 g/mol. The van der Waals surface area contributed by atoms with E-state index in [0.717, 1.165) is 0 Å². The van der Waals surface area contributed by atoms with E-state index in [1.807, 2.05) is 55.4 Å². The van der Waals surface area contributed by atoms with Crippen molar-refractivity contribution >= 4 is 0 Å². The molecule has 1 atom stereocenters. The maximum atomic E-state index is 3.00. The molecule has 2 aliphatic carbocycles. The van der Waals surface area contributed by atoms with Crippen LogP contribution < -0.4 is 0 Å². The minimum absolute atomic E-state index is 0.596. The molecule has 0 aromatic carbocycles. The maximum absolute atomic E-state index is 3.00. The summed E-state index contributed by atoms with van der Waals surface area (Å²) in [5.74, 6) is 0.596. The van der Waals surface area contributed by atoms with Crippen LogP contribution in [-0.2, 0) is 0 Å². The van der Waals surface area contributed by atoms with E-state index in [1.165, 1.54) is 36.8 Å². The number of rotatable bonds is 1. The molecule has 0 nitrogen and oxygen atoms in total. The Kier molecular flexibility index (Phi) is 93.7. The molecule has 0 saturated heterocycles. The molecular weight excluding hydrogens is 384 g/mol. The van der Waals surface area contributed by atoms with Crippen LogP contribution in [0.15, 0.2) is 99.2 Å². The summed E-state index contributed by atoms with van der Waals surface area (Å²) < 4.78 is 0. The summed E-state index contributed by atoms with van der Waals surface area (Å²) in [7, 11) is 0. The first-order chi connectivity index (χ1) is 15.7. The molecule has 0 heteroatoms. The van der Waals surface area contributed by atoms with E-state index < -0.39 is 0 Å². The molecule has 32 heavy (non-hydrogen) atoms. The molecule has 190 valence electrons. The number of hydrogen-bond donors (Lipinski definition) is 0. The Morgan fingerprint density at radius 2 is 1.22 bits per heavy atom. The first-order valence-electron chi connectivity index (χ1n) is 12.6. The molecular formula is C32H62. The van der Waals surface area contributed by atoms with Crippen molar-refractivity contribution in [3.63, 3.8) is 0 Å². The summed E-state index contributed by atoms with van der Waals surface area (Å²) in [6.07, 6.45) is 22.7. The second-order valence-electron chi connectivity index (χ2n) is 4.98. The van der Waals surface area contributed by atoms with Gasteiger partial charge in [0.1, 0.15) is 0 Å². The van der Waals surface area contributed by atoms with Gasteiger partial charge in [-0.15, -0.1) is 39.5 Å². The third-order valence-corrected chi connectivity index (χ3v) is 3.16. The Morgan fingerprint density at radius 1 is 0.750 bits per heavy atom. The van der Waals surface area contributed by atoms with E-state index in [9.17, 15) is 0 Å². The van der Waals surface area contributed by atoms with E-state index in [4.69, 9.17) is 0 Å². The molecule has 0 amide bonds. The second-order valence-corrected chi connectivity index (χ2v) is 4.98. The van der Waals surface area contributed by atoms with Gasteiger partial charge in [-0.3, -0.25) is 0 Å². The smallest absolute Gasteiger partial charge is 0.00755 e. The third kappa shape index (κ3) is 51.0. The summed E-state index contributed by atoms with van der Waals surface area (Å²) >= 11 is 0. The van der Waals surface area contributed by atoms with Crippen molar-refractivity contribution in [1.29, 1.82) is 0 Å². The van der Waals surface area contributed by atoms with Crippen molar-refractivity contribution in [2.24, 2.45) is 5.92 Å². The summed E-state index contributed by atoms with van der Waals surface area (Å²) in [5.41, 5.74) is 2.84. The Morgan fingerprint density at radius 3 is 1.66 bits per heavy atom. The van der Waals surface area contributed by atoms with Crippen LogP contribution >= 0.6 is 0 Å². The zero-order valence-corrected chi connectivity index (χ0v) is 24.3. The van der Waals surface area contributed by atoms with E-state index >= 15 is 0 Å². The fraction of sp³-hybridized carbons (Fsp3) is 0.500. The quantitative estimate of drug-likeness (QED) is 0.351. The zero-order valence-electron chi connectivity index (χ0n) is 24.3. The highest BCUT2D eigenvalue weighted by molar-refractivity contribution is 5.26. The average Bonchev–Trinajstić information content (AvgIpc) is 3.30. The lowest BCUT2D eigenvalue weighted by Gasteiger charge is -1.91. The van der Waals surface area contributed by atoms with Gasteiger partial charge >= 0.3 is 0 Å². The van der Waals surface area contributed by atoms with Crippen molar-refractivity contribution < 1.29 is 0 Å². The Hall–Kier alpha value is -2.08. The molecule has 2 aliphatic rings. The summed E-state index contributed by atoms with van der Waals surface area (Å²) in [5, 5.41) is 0. The molecule has 0 aromatic rings. The predicted molar refractivity (Wildman–Crippen MR) is 162 cm³/mol. The minimum Gasteiger partial charge on any atom is -0.106 e. The Balaban J connectivity index is -0.0000000508. The molecule has 1 unspecified atom stereocenters. The second kappa shape index (κ2) is 63.0. The van der Waals surface area contributed by atoms with E-state index in [0.29, 0.717) is 5.92 Å². The molecule has 0 saturated carbocycles. The van der Waals surface area contributed by atoms with Crippen molar-refractivity contribution in [2.75, 3.05) is 0 Å². The Labute approximate surface area is 207 Å². The zero-order chi connectivity index (χ0) is 27.2. The van der Waals surface area contributed by atoms with E-state index in [1.54, 1.807) is 0 Å². The molecule has 0 aliphatic heterocycles. The van der Waals surface area contributed by atoms with Gasteiger partial charge in [0.25, 0.3) is 0 Å². The van der Waals surface area contributed by atoms with Crippen molar-refractivity contribution in [1.82, 2.24) is 0 Å². The van der Waals surface area contributed by atoms with Crippen LogP contribution in [0.2, 0.25) is 0 Å². The number of hydrogen-bond acceptors (Lipinski definition) is 0. The average molecular weight is 447 g/mol. The highest BCUT2D eigenvalue weighted by atomic mass is 14.0. The van der Waals surface area contributed by atoms with Gasteiger partial charge in [0.2, 0.25) is 0 Å². The minimum atomic E-state index is 0.596. The van der Waals surface area contributed by atoms with Crippen molar-refractivity contribution in [3.8, 4) is 0 Å². The van der Waals surface area contributed by atoms with Crippen LogP contribution in [0.1, 0.15) is 102 Å². The normalized spacial score (nSPS) is 13.7. The molecule has 0 N–H and O–H groups in total. The van der Waals surface area contributed by atoms with Gasteiger partial charge in [-0.2, -0.15) is 0 Å². The molecule has 0 radical (unpaired) electrons. The van der Waals surface area contributed by atoms with E-state index in [-0.39, 0.29) is 0 Å². The topological polar surface area (TPSA) is 0 Å². The van der Waals surface area contributed by atoms with Crippen LogP contribution in [0.3, 0.4) is 0 Å². The van der Waals surface area contributed by atoms with Gasteiger partial charge < -0.3 is 0 Å². The molecule has 0 spiro atoms. The first-order valence-corrected chi connectivity index (χ1v) is 12.6. The van der Waals surface area contributed by atoms with Crippen LogP contribution in [0.25, 0.3) is 0 Å². The van der Waals surface area contributed by atoms with Gasteiger partial charge in [-0.1, -0.05) is 129 Å². The molecule has 2 rings (SSSR count). The number of allylic oxidation sites excluding steroid dienone is 10. The Bertz CT molecular complexity index is 411.